The van der Waals surface area contributed by atoms with Gasteiger partial charge >= 0.3 is 0 Å². The van der Waals surface area contributed by atoms with Gasteiger partial charge in [0.1, 0.15) is 5.75 Å². The predicted molar refractivity (Wildman–Crippen MR) is 77.5 cm³/mol. The van der Waals surface area contributed by atoms with Crippen LogP contribution in [0.5, 0.6) is 5.75 Å². The van der Waals surface area contributed by atoms with E-state index < -0.39 is 0 Å². The van der Waals surface area contributed by atoms with Crippen molar-refractivity contribution in [2.75, 3.05) is 17.2 Å². The van der Waals surface area contributed by atoms with Gasteiger partial charge in [-0.1, -0.05) is 0 Å². The van der Waals surface area contributed by atoms with E-state index >= 15 is 0 Å². The van der Waals surface area contributed by atoms with Crippen molar-refractivity contribution in [3.63, 3.8) is 0 Å². The summed E-state index contributed by atoms with van der Waals surface area (Å²) in [6.07, 6.45) is 1.52. The summed E-state index contributed by atoms with van der Waals surface area (Å²) in [4.78, 5) is 27.5. The third kappa shape index (κ3) is 2.84. The number of benzene rings is 1. The van der Waals surface area contributed by atoms with Gasteiger partial charge in [0, 0.05) is 17.6 Å². The van der Waals surface area contributed by atoms with E-state index in [4.69, 9.17) is 4.74 Å². The monoisotopic (exact) mass is 283 g/mol. The average Bonchev–Trinajstić information content (AvgIpc) is 2.47. The molecule has 6 heteroatoms. The molecule has 0 aliphatic carbocycles. The molecule has 0 fully saturated rings. The fourth-order valence-electron chi connectivity index (χ4n) is 1.97. The van der Waals surface area contributed by atoms with Gasteiger partial charge < -0.3 is 15.4 Å². The fraction of sp³-hybridized carbons (Fsp3) is 0.133. The van der Waals surface area contributed by atoms with Crippen molar-refractivity contribution >= 4 is 23.2 Å². The molecule has 0 bridgehead atoms. The average molecular weight is 283 g/mol. The third-order valence-electron chi connectivity index (χ3n) is 3.04. The van der Waals surface area contributed by atoms with Crippen LogP contribution >= 0.6 is 0 Å². The molecule has 0 unspecified atom stereocenters. The number of aryl methyl sites for hydroxylation is 1. The van der Waals surface area contributed by atoms with Crippen LogP contribution in [0.4, 0.5) is 11.4 Å². The van der Waals surface area contributed by atoms with Gasteiger partial charge in [0.05, 0.1) is 11.3 Å². The van der Waals surface area contributed by atoms with Gasteiger partial charge in [-0.25, -0.2) is 0 Å². The largest absolute Gasteiger partial charge is 0.482 e. The molecular weight excluding hydrogens is 270 g/mol. The molecule has 0 saturated carbocycles. The van der Waals surface area contributed by atoms with E-state index in [-0.39, 0.29) is 18.4 Å². The molecule has 106 valence electrons. The van der Waals surface area contributed by atoms with E-state index in [1.807, 2.05) is 6.92 Å². The number of anilines is 2. The molecule has 2 amide bonds. The molecule has 6 nitrogen and oxygen atoms in total. The van der Waals surface area contributed by atoms with Crippen molar-refractivity contribution in [3.8, 4) is 5.75 Å². The van der Waals surface area contributed by atoms with E-state index in [2.05, 4.69) is 15.6 Å². The van der Waals surface area contributed by atoms with Crippen molar-refractivity contribution in [3.05, 3.63) is 47.8 Å². The Balaban J connectivity index is 1.79. The molecule has 2 N–H and O–H groups in total. The lowest BCUT2D eigenvalue weighted by Crippen LogP contribution is -2.25. The van der Waals surface area contributed by atoms with Gasteiger partial charge in [-0.3, -0.25) is 14.6 Å². The Labute approximate surface area is 121 Å². The Bertz CT molecular complexity index is 711. The topological polar surface area (TPSA) is 80.3 Å². The number of nitrogens with zero attached hydrogens (tertiary/aromatic N) is 1. The van der Waals surface area contributed by atoms with Crippen molar-refractivity contribution in [1.82, 2.24) is 4.98 Å². The lowest BCUT2D eigenvalue weighted by Gasteiger charge is -2.18. The molecule has 1 aromatic carbocycles. The summed E-state index contributed by atoms with van der Waals surface area (Å²) in [7, 11) is 0. The summed E-state index contributed by atoms with van der Waals surface area (Å²) in [5, 5.41) is 5.45. The molecule has 3 rings (SSSR count). The van der Waals surface area contributed by atoms with Crippen LogP contribution in [0.15, 0.2) is 36.5 Å². The van der Waals surface area contributed by atoms with Crippen LogP contribution in [0.3, 0.4) is 0 Å². The molecule has 1 aliphatic heterocycles. The highest BCUT2D eigenvalue weighted by Gasteiger charge is 2.16. The molecule has 0 radical (unpaired) electrons. The van der Waals surface area contributed by atoms with Crippen LogP contribution in [0.2, 0.25) is 0 Å². The van der Waals surface area contributed by atoms with Gasteiger partial charge in [-0.15, -0.1) is 0 Å². The molecule has 21 heavy (non-hydrogen) atoms. The minimum atomic E-state index is -0.259. The van der Waals surface area contributed by atoms with E-state index in [9.17, 15) is 9.59 Å². The number of fused-ring (bicyclic) bond motifs is 1. The highest BCUT2D eigenvalue weighted by atomic mass is 16.5. The number of carbonyl (C=O) groups is 2. The SMILES string of the molecule is Cc1ccc(C(=O)Nc2ccc3c(c2)NC(=O)CO3)cn1. The van der Waals surface area contributed by atoms with Crippen LogP contribution in [0, 0.1) is 6.92 Å². The van der Waals surface area contributed by atoms with Crippen LogP contribution in [-0.4, -0.2) is 23.4 Å². The van der Waals surface area contributed by atoms with Crippen LogP contribution in [0.1, 0.15) is 16.1 Å². The summed E-state index contributed by atoms with van der Waals surface area (Å²) in [5.41, 5.74) is 2.44. The first-order valence-electron chi connectivity index (χ1n) is 6.42. The first kappa shape index (κ1) is 13.1. The zero-order valence-electron chi connectivity index (χ0n) is 11.3. The summed E-state index contributed by atoms with van der Waals surface area (Å²) >= 11 is 0. The van der Waals surface area contributed by atoms with Crippen LogP contribution in [-0.2, 0) is 4.79 Å². The second kappa shape index (κ2) is 5.24. The Morgan fingerprint density at radius 2 is 2.19 bits per heavy atom. The van der Waals surface area contributed by atoms with Crippen LogP contribution < -0.4 is 15.4 Å². The second-order valence-electron chi connectivity index (χ2n) is 4.69. The maximum atomic E-state index is 12.1. The fourth-order valence-corrected chi connectivity index (χ4v) is 1.97. The number of nitrogens with one attached hydrogen (secondary N) is 2. The quantitative estimate of drug-likeness (QED) is 0.883. The number of hydrogen-bond acceptors (Lipinski definition) is 4. The molecule has 0 spiro atoms. The summed E-state index contributed by atoms with van der Waals surface area (Å²) < 4.78 is 5.26. The minimum Gasteiger partial charge on any atom is -0.482 e. The smallest absolute Gasteiger partial charge is 0.262 e. The van der Waals surface area contributed by atoms with Gasteiger partial charge in [-0.2, -0.15) is 0 Å². The molecule has 1 aliphatic rings. The van der Waals surface area contributed by atoms with E-state index in [1.54, 1.807) is 30.3 Å². The highest BCUT2D eigenvalue weighted by molar-refractivity contribution is 6.05. The lowest BCUT2D eigenvalue weighted by molar-refractivity contribution is -0.118. The third-order valence-corrected chi connectivity index (χ3v) is 3.04. The number of ether oxygens (including phenoxy) is 1. The Kier molecular flexibility index (Phi) is 3.27. The molecular formula is C15H13N3O3. The number of carbonyl (C=O) groups excluding carboxylic acids is 2. The molecule has 1 aromatic heterocycles. The lowest BCUT2D eigenvalue weighted by atomic mass is 10.2. The maximum Gasteiger partial charge on any atom is 0.262 e. The number of aromatic nitrogens is 1. The highest BCUT2D eigenvalue weighted by Crippen LogP contribution is 2.30. The maximum absolute atomic E-state index is 12.1. The minimum absolute atomic E-state index is 0.00768. The van der Waals surface area contributed by atoms with E-state index in [1.165, 1.54) is 6.20 Å². The van der Waals surface area contributed by atoms with Gasteiger partial charge in [0.2, 0.25) is 0 Å². The number of hydrogen-bond donors (Lipinski definition) is 2. The zero-order chi connectivity index (χ0) is 14.8. The number of pyridine rings is 1. The number of amides is 2. The van der Waals surface area contributed by atoms with E-state index in [0.717, 1.165) is 5.69 Å². The summed E-state index contributed by atoms with van der Waals surface area (Å²) in [5.74, 6) is 0.115. The molecule has 2 heterocycles. The van der Waals surface area contributed by atoms with Gasteiger partial charge in [0.15, 0.2) is 6.61 Å². The van der Waals surface area contributed by atoms with Crippen LogP contribution in [0.25, 0.3) is 0 Å². The van der Waals surface area contributed by atoms with Gasteiger partial charge in [0.25, 0.3) is 11.8 Å². The normalized spacial score (nSPS) is 12.9. The zero-order valence-corrected chi connectivity index (χ0v) is 11.3. The Morgan fingerprint density at radius 1 is 1.33 bits per heavy atom. The molecule has 0 atom stereocenters. The van der Waals surface area contributed by atoms with Gasteiger partial charge in [-0.05, 0) is 37.3 Å². The van der Waals surface area contributed by atoms with Crippen molar-refractivity contribution in [2.24, 2.45) is 0 Å². The Morgan fingerprint density at radius 3 is 2.95 bits per heavy atom. The summed E-state index contributed by atoms with van der Waals surface area (Å²) in [6, 6.07) is 8.57. The van der Waals surface area contributed by atoms with Crippen molar-refractivity contribution < 1.29 is 14.3 Å². The standard InChI is InChI=1S/C15H13N3O3/c1-9-2-3-10(7-16-9)15(20)17-11-4-5-13-12(6-11)18-14(19)8-21-13/h2-7H,8H2,1H3,(H,17,20)(H,18,19). The molecule has 2 aromatic rings. The van der Waals surface area contributed by atoms with E-state index in [0.29, 0.717) is 22.7 Å². The van der Waals surface area contributed by atoms with Crippen molar-refractivity contribution in [2.45, 2.75) is 6.92 Å². The Hall–Kier alpha value is -2.89. The first-order valence-corrected chi connectivity index (χ1v) is 6.42. The predicted octanol–water partition coefficient (Wildman–Crippen LogP) is 1.97. The second-order valence-corrected chi connectivity index (χ2v) is 4.69. The first-order chi connectivity index (χ1) is 10.1. The summed E-state index contributed by atoms with van der Waals surface area (Å²) in [6.45, 7) is 1.86. The number of rotatable bonds is 2. The van der Waals surface area contributed by atoms with Crippen molar-refractivity contribution in [1.29, 1.82) is 0 Å². The molecule has 0 saturated heterocycles.